The van der Waals surface area contributed by atoms with Crippen LogP contribution in [0.3, 0.4) is 0 Å². The number of furan rings is 1. The van der Waals surface area contributed by atoms with E-state index in [-0.39, 0.29) is 5.91 Å². The first-order chi connectivity index (χ1) is 10.2. The van der Waals surface area contributed by atoms with Crippen molar-refractivity contribution in [2.45, 2.75) is 13.5 Å². The summed E-state index contributed by atoms with van der Waals surface area (Å²) in [5.41, 5.74) is 2.09. The molecule has 1 amide bonds. The Morgan fingerprint density at radius 2 is 2.19 bits per heavy atom. The third-order valence-electron chi connectivity index (χ3n) is 3.05. The smallest absolute Gasteiger partial charge is 0.256 e. The van der Waals surface area contributed by atoms with Crippen LogP contribution in [0.2, 0.25) is 0 Å². The molecule has 3 rings (SSSR count). The van der Waals surface area contributed by atoms with Crippen molar-refractivity contribution in [1.82, 2.24) is 15.5 Å². The van der Waals surface area contributed by atoms with Crippen molar-refractivity contribution in [1.29, 1.82) is 0 Å². The largest absolute Gasteiger partial charge is 0.463 e. The van der Waals surface area contributed by atoms with Crippen LogP contribution in [-0.2, 0) is 6.54 Å². The van der Waals surface area contributed by atoms with Gasteiger partial charge in [-0.15, -0.1) is 0 Å². The molecule has 1 N–H and O–H groups in total. The Kier molecular flexibility index (Phi) is 3.51. The second-order valence-corrected chi connectivity index (χ2v) is 4.51. The van der Waals surface area contributed by atoms with Gasteiger partial charge in [-0.25, -0.2) is 0 Å². The summed E-state index contributed by atoms with van der Waals surface area (Å²) in [5, 5.41) is 6.37. The van der Waals surface area contributed by atoms with E-state index in [2.05, 4.69) is 15.5 Å². The molecule has 0 bridgehead atoms. The maximum Gasteiger partial charge on any atom is 0.256 e. The van der Waals surface area contributed by atoms with E-state index in [0.717, 1.165) is 11.3 Å². The van der Waals surface area contributed by atoms with Gasteiger partial charge in [0.2, 0.25) is 0 Å². The minimum atomic E-state index is -0.219. The second-order valence-electron chi connectivity index (χ2n) is 4.51. The summed E-state index contributed by atoms with van der Waals surface area (Å²) in [6.45, 7) is 2.08. The van der Waals surface area contributed by atoms with Crippen molar-refractivity contribution in [3.05, 3.63) is 59.8 Å². The van der Waals surface area contributed by atoms with Gasteiger partial charge in [0.1, 0.15) is 17.0 Å². The quantitative estimate of drug-likeness (QED) is 0.795. The molecule has 0 atom stereocenters. The fourth-order valence-electron chi connectivity index (χ4n) is 1.89. The van der Waals surface area contributed by atoms with Gasteiger partial charge in [0.05, 0.1) is 12.5 Å². The molecule has 106 valence electrons. The number of aryl methyl sites for hydroxylation is 1. The van der Waals surface area contributed by atoms with Gasteiger partial charge in [0.15, 0.2) is 5.76 Å². The van der Waals surface area contributed by atoms with Crippen LogP contribution >= 0.6 is 0 Å². The third-order valence-corrected chi connectivity index (χ3v) is 3.05. The predicted molar refractivity (Wildman–Crippen MR) is 74.3 cm³/mol. The number of aromatic nitrogens is 2. The van der Waals surface area contributed by atoms with E-state index in [1.54, 1.807) is 19.4 Å². The Morgan fingerprint density at radius 3 is 2.81 bits per heavy atom. The summed E-state index contributed by atoms with van der Waals surface area (Å²) in [6.07, 6.45) is 4.72. The van der Waals surface area contributed by atoms with Crippen LogP contribution in [0.15, 0.2) is 51.9 Å². The molecule has 0 spiro atoms. The topological polar surface area (TPSA) is 81.2 Å². The molecular weight excluding hydrogens is 270 g/mol. The Hall–Kier alpha value is -2.89. The van der Waals surface area contributed by atoms with E-state index in [1.165, 1.54) is 6.20 Å². The second kappa shape index (κ2) is 5.62. The molecule has 3 aromatic heterocycles. The first-order valence-corrected chi connectivity index (χ1v) is 6.42. The predicted octanol–water partition coefficient (Wildman–Crippen LogP) is 2.57. The molecule has 0 fully saturated rings. The third kappa shape index (κ3) is 2.84. The summed E-state index contributed by atoms with van der Waals surface area (Å²) in [6, 6.07) is 7.40. The van der Waals surface area contributed by atoms with Crippen LogP contribution in [-0.4, -0.2) is 16.0 Å². The molecule has 3 heterocycles. The average Bonchev–Trinajstić information content (AvgIpc) is 3.16. The number of rotatable bonds is 4. The van der Waals surface area contributed by atoms with Crippen LogP contribution in [0.4, 0.5) is 0 Å². The van der Waals surface area contributed by atoms with Crippen molar-refractivity contribution in [2.75, 3.05) is 0 Å². The number of nitrogens with one attached hydrogen (secondary N) is 1. The van der Waals surface area contributed by atoms with Gasteiger partial charge in [-0.2, -0.15) is 0 Å². The molecule has 0 aliphatic heterocycles. The number of carbonyl (C=O) groups is 1. The highest BCUT2D eigenvalue weighted by Crippen LogP contribution is 2.17. The SMILES string of the molecule is Cc1oncc1C(=O)NCc1ccc(-c2ccco2)nc1. The van der Waals surface area contributed by atoms with Crippen LogP contribution in [0.1, 0.15) is 21.7 Å². The molecule has 6 nitrogen and oxygen atoms in total. The van der Waals surface area contributed by atoms with Gasteiger partial charge in [-0.3, -0.25) is 9.78 Å². The molecule has 0 saturated heterocycles. The Bertz CT molecular complexity index is 730. The van der Waals surface area contributed by atoms with E-state index in [0.29, 0.717) is 23.6 Å². The lowest BCUT2D eigenvalue weighted by atomic mass is 10.2. The lowest BCUT2D eigenvalue weighted by molar-refractivity contribution is 0.0949. The van der Waals surface area contributed by atoms with E-state index < -0.39 is 0 Å². The summed E-state index contributed by atoms with van der Waals surface area (Å²) >= 11 is 0. The standard InChI is InChI=1S/C15H13N3O3/c1-10-12(9-18-21-10)15(19)17-8-11-4-5-13(16-7-11)14-3-2-6-20-14/h2-7,9H,8H2,1H3,(H,17,19). The first kappa shape index (κ1) is 13.1. The van der Waals surface area contributed by atoms with E-state index in [1.807, 2.05) is 24.3 Å². The minimum absolute atomic E-state index is 0.219. The molecule has 0 unspecified atom stereocenters. The van der Waals surface area contributed by atoms with Gasteiger partial charge in [0.25, 0.3) is 5.91 Å². The summed E-state index contributed by atoms with van der Waals surface area (Å²) in [5.74, 6) is 0.994. The first-order valence-electron chi connectivity index (χ1n) is 6.42. The highest BCUT2D eigenvalue weighted by atomic mass is 16.5. The summed E-state index contributed by atoms with van der Waals surface area (Å²) < 4.78 is 10.1. The van der Waals surface area contributed by atoms with Crippen molar-refractivity contribution < 1.29 is 13.7 Å². The number of amides is 1. The van der Waals surface area contributed by atoms with Gasteiger partial charge in [-0.1, -0.05) is 11.2 Å². The molecule has 21 heavy (non-hydrogen) atoms. The van der Waals surface area contributed by atoms with E-state index in [9.17, 15) is 4.79 Å². The highest BCUT2D eigenvalue weighted by molar-refractivity contribution is 5.94. The van der Waals surface area contributed by atoms with Crippen LogP contribution < -0.4 is 5.32 Å². The lowest BCUT2D eigenvalue weighted by Crippen LogP contribution is -2.23. The number of hydrogen-bond donors (Lipinski definition) is 1. The molecule has 0 radical (unpaired) electrons. The van der Waals surface area contributed by atoms with Crippen molar-refractivity contribution >= 4 is 5.91 Å². The normalized spacial score (nSPS) is 10.5. The van der Waals surface area contributed by atoms with Crippen molar-refractivity contribution in [3.63, 3.8) is 0 Å². The average molecular weight is 283 g/mol. The maximum atomic E-state index is 11.9. The fraction of sp³-hybridized carbons (Fsp3) is 0.133. The molecule has 0 saturated carbocycles. The van der Waals surface area contributed by atoms with Crippen LogP contribution in [0.25, 0.3) is 11.5 Å². The number of hydrogen-bond acceptors (Lipinski definition) is 5. The Labute approximate surface area is 120 Å². The van der Waals surface area contributed by atoms with Gasteiger partial charge in [0, 0.05) is 12.7 Å². The molecule has 0 aromatic carbocycles. The van der Waals surface area contributed by atoms with Gasteiger partial charge < -0.3 is 14.3 Å². The zero-order valence-electron chi connectivity index (χ0n) is 11.4. The zero-order chi connectivity index (χ0) is 14.7. The maximum absolute atomic E-state index is 11.9. The van der Waals surface area contributed by atoms with Gasteiger partial charge in [-0.05, 0) is 30.7 Å². The molecule has 0 aliphatic rings. The molecule has 3 aromatic rings. The summed E-state index contributed by atoms with van der Waals surface area (Å²) in [4.78, 5) is 16.2. The molecule has 0 aliphatic carbocycles. The van der Waals surface area contributed by atoms with Crippen LogP contribution in [0, 0.1) is 6.92 Å². The number of pyridine rings is 1. The highest BCUT2D eigenvalue weighted by Gasteiger charge is 2.12. The van der Waals surface area contributed by atoms with Crippen molar-refractivity contribution in [3.8, 4) is 11.5 Å². The van der Waals surface area contributed by atoms with Crippen LogP contribution in [0.5, 0.6) is 0 Å². The fourth-order valence-corrected chi connectivity index (χ4v) is 1.89. The minimum Gasteiger partial charge on any atom is -0.463 e. The zero-order valence-corrected chi connectivity index (χ0v) is 11.4. The number of carbonyl (C=O) groups excluding carboxylic acids is 1. The Morgan fingerprint density at radius 1 is 1.29 bits per heavy atom. The monoisotopic (exact) mass is 283 g/mol. The Balaban J connectivity index is 1.64. The van der Waals surface area contributed by atoms with E-state index >= 15 is 0 Å². The van der Waals surface area contributed by atoms with Crippen molar-refractivity contribution in [2.24, 2.45) is 0 Å². The van der Waals surface area contributed by atoms with E-state index in [4.69, 9.17) is 8.94 Å². The molecule has 6 heteroatoms. The molecular formula is C15H13N3O3. The number of nitrogens with zero attached hydrogens (tertiary/aromatic N) is 2. The lowest BCUT2D eigenvalue weighted by Gasteiger charge is -2.04. The summed E-state index contributed by atoms with van der Waals surface area (Å²) in [7, 11) is 0. The van der Waals surface area contributed by atoms with Gasteiger partial charge >= 0.3 is 0 Å².